The van der Waals surface area contributed by atoms with E-state index in [9.17, 15) is 4.79 Å². The Labute approximate surface area is 164 Å². The monoisotopic (exact) mass is 378 g/mol. The Morgan fingerprint density at radius 1 is 1.07 bits per heavy atom. The van der Waals surface area contributed by atoms with Gasteiger partial charge in [-0.2, -0.15) is 10.2 Å². The third kappa shape index (κ3) is 4.54. The maximum Gasteiger partial charge on any atom is 0.266 e. The van der Waals surface area contributed by atoms with E-state index in [2.05, 4.69) is 33.2 Å². The molecule has 0 aromatic carbocycles. The van der Waals surface area contributed by atoms with E-state index in [0.717, 1.165) is 50.3 Å². The van der Waals surface area contributed by atoms with Crippen LogP contribution in [0.25, 0.3) is 11.3 Å². The first-order valence-corrected chi connectivity index (χ1v) is 9.87. The van der Waals surface area contributed by atoms with Crippen molar-refractivity contribution in [2.45, 2.75) is 32.9 Å². The molecule has 4 rings (SSSR count). The molecule has 0 unspecified atom stereocenters. The molecule has 0 aliphatic carbocycles. The van der Waals surface area contributed by atoms with Crippen LogP contribution < -0.4 is 5.56 Å². The van der Waals surface area contributed by atoms with E-state index >= 15 is 0 Å². The van der Waals surface area contributed by atoms with Crippen LogP contribution in [0.3, 0.4) is 0 Å². The molecule has 0 atom stereocenters. The number of hydrogen-bond donors (Lipinski definition) is 0. The topological polar surface area (TPSA) is 68.8 Å². The summed E-state index contributed by atoms with van der Waals surface area (Å²) in [5, 5.41) is 8.94. The third-order valence-corrected chi connectivity index (χ3v) is 5.39. The molecule has 0 radical (unpaired) electrons. The average Bonchev–Trinajstić information content (AvgIpc) is 3.15. The maximum absolute atomic E-state index is 12.3. The summed E-state index contributed by atoms with van der Waals surface area (Å²) in [7, 11) is 0. The second kappa shape index (κ2) is 8.48. The van der Waals surface area contributed by atoms with Gasteiger partial charge in [0.05, 0.1) is 18.4 Å². The van der Waals surface area contributed by atoms with Crippen LogP contribution in [0.1, 0.15) is 18.4 Å². The van der Waals surface area contributed by atoms with E-state index < -0.39 is 0 Å². The highest BCUT2D eigenvalue weighted by molar-refractivity contribution is 5.56. The second-order valence-electron chi connectivity index (χ2n) is 7.54. The minimum absolute atomic E-state index is 0.0331. The van der Waals surface area contributed by atoms with E-state index in [0.29, 0.717) is 12.5 Å². The average molecular weight is 378 g/mol. The first-order valence-electron chi connectivity index (χ1n) is 9.87. The van der Waals surface area contributed by atoms with Crippen LogP contribution >= 0.6 is 0 Å². The van der Waals surface area contributed by atoms with Crippen LogP contribution in [-0.2, 0) is 13.1 Å². The molecule has 0 spiro atoms. The molecule has 0 bridgehead atoms. The molecule has 4 heterocycles. The lowest BCUT2D eigenvalue weighted by Gasteiger charge is -2.31. The molecule has 3 aromatic heterocycles. The number of hydrogen-bond acceptors (Lipinski definition) is 5. The van der Waals surface area contributed by atoms with Crippen LogP contribution in [0, 0.1) is 12.8 Å². The van der Waals surface area contributed by atoms with Gasteiger partial charge in [-0.05, 0) is 62.5 Å². The lowest BCUT2D eigenvalue weighted by Crippen LogP contribution is -2.38. The lowest BCUT2D eigenvalue weighted by atomic mass is 9.97. The normalized spacial score (nSPS) is 15.8. The zero-order valence-electron chi connectivity index (χ0n) is 16.2. The van der Waals surface area contributed by atoms with Gasteiger partial charge >= 0.3 is 0 Å². The standard InChI is InChI=1S/C21H26N6O/c1-17-14-23-26(15-17)13-12-25-10-6-18(7-11-25)16-27-21(28)3-2-20(24-27)19-4-8-22-9-5-19/h2-5,8-9,14-15,18H,6-7,10-13,16H2,1H3. The fourth-order valence-electron chi connectivity index (χ4n) is 3.73. The van der Waals surface area contributed by atoms with Gasteiger partial charge in [0.15, 0.2) is 0 Å². The fourth-order valence-corrected chi connectivity index (χ4v) is 3.73. The quantitative estimate of drug-likeness (QED) is 0.658. The van der Waals surface area contributed by atoms with Crippen LogP contribution in [0.4, 0.5) is 0 Å². The van der Waals surface area contributed by atoms with Crippen LogP contribution in [0.5, 0.6) is 0 Å². The van der Waals surface area contributed by atoms with Crippen molar-refractivity contribution in [2.75, 3.05) is 19.6 Å². The number of likely N-dealkylation sites (tertiary alicyclic amines) is 1. The third-order valence-electron chi connectivity index (χ3n) is 5.39. The van der Waals surface area contributed by atoms with Crippen molar-refractivity contribution in [3.8, 4) is 11.3 Å². The van der Waals surface area contributed by atoms with Gasteiger partial charge in [0.2, 0.25) is 0 Å². The maximum atomic E-state index is 12.3. The van der Waals surface area contributed by atoms with E-state index in [4.69, 9.17) is 0 Å². The van der Waals surface area contributed by atoms with E-state index in [1.807, 2.05) is 23.0 Å². The summed E-state index contributed by atoms with van der Waals surface area (Å²) < 4.78 is 3.64. The van der Waals surface area contributed by atoms with Crippen molar-refractivity contribution in [1.29, 1.82) is 0 Å². The first-order chi connectivity index (χ1) is 13.7. The van der Waals surface area contributed by atoms with Crippen molar-refractivity contribution >= 4 is 0 Å². The molecule has 1 aliphatic rings. The van der Waals surface area contributed by atoms with Gasteiger partial charge in [-0.1, -0.05) is 0 Å². The fraction of sp³-hybridized carbons (Fsp3) is 0.429. The van der Waals surface area contributed by atoms with Gasteiger partial charge in [0.25, 0.3) is 5.56 Å². The predicted octanol–water partition coefficient (Wildman–Crippen LogP) is 2.22. The SMILES string of the molecule is Cc1cnn(CCN2CCC(Cn3nc(-c4ccncc4)ccc3=O)CC2)c1. The number of aromatic nitrogens is 5. The first kappa shape index (κ1) is 18.6. The Morgan fingerprint density at radius 2 is 1.86 bits per heavy atom. The number of piperidine rings is 1. The molecule has 3 aromatic rings. The van der Waals surface area contributed by atoms with Crippen LogP contribution in [-0.4, -0.2) is 49.1 Å². The van der Waals surface area contributed by atoms with Gasteiger partial charge in [-0.15, -0.1) is 0 Å². The molecule has 1 aliphatic heterocycles. The largest absolute Gasteiger partial charge is 0.301 e. The molecule has 7 heteroatoms. The molecule has 1 fully saturated rings. The molecule has 0 amide bonds. The molecule has 1 saturated heterocycles. The zero-order chi connectivity index (χ0) is 19.3. The number of pyridine rings is 1. The summed E-state index contributed by atoms with van der Waals surface area (Å²) in [6, 6.07) is 7.23. The molecule has 0 saturated carbocycles. The van der Waals surface area contributed by atoms with E-state index in [1.54, 1.807) is 29.2 Å². The molecule has 28 heavy (non-hydrogen) atoms. The Morgan fingerprint density at radius 3 is 2.57 bits per heavy atom. The zero-order valence-corrected chi connectivity index (χ0v) is 16.2. The van der Waals surface area contributed by atoms with Gasteiger partial charge < -0.3 is 4.90 Å². The smallest absolute Gasteiger partial charge is 0.266 e. The number of rotatable bonds is 6. The summed E-state index contributed by atoms with van der Waals surface area (Å²) in [6.07, 6.45) is 9.65. The van der Waals surface area contributed by atoms with Crippen LogP contribution in [0.2, 0.25) is 0 Å². The van der Waals surface area contributed by atoms with Crippen LogP contribution in [0.15, 0.2) is 53.8 Å². The Kier molecular flexibility index (Phi) is 5.62. The van der Waals surface area contributed by atoms with Crippen molar-refractivity contribution in [1.82, 2.24) is 29.4 Å². The van der Waals surface area contributed by atoms with Gasteiger partial charge in [0.1, 0.15) is 0 Å². The van der Waals surface area contributed by atoms with Gasteiger partial charge in [-0.3, -0.25) is 14.5 Å². The predicted molar refractivity (Wildman–Crippen MR) is 108 cm³/mol. The summed E-state index contributed by atoms with van der Waals surface area (Å²) >= 11 is 0. The summed E-state index contributed by atoms with van der Waals surface area (Å²) in [6.45, 7) is 6.81. The second-order valence-corrected chi connectivity index (χ2v) is 7.54. The van der Waals surface area contributed by atoms with Crippen molar-refractivity contribution in [2.24, 2.45) is 5.92 Å². The molecular formula is C21H26N6O. The van der Waals surface area contributed by atoms with E-state index in [1.165, 1.54) is 5.56 Å². The van der Waals surface area contributed by atoms with E-state index in [-0.39, 0.29) is 5.56 Å². The summed E-state index contributed by atoms with van der Waals surface area (Å²) in [4.78, 5) is 18.8. The minimum Gasteiger partial charge on any atom is -0.301 e. The highest BCUT2D eigenvalue weighted by Crippen LogP contribution is 2.19. The van der Waals surface area contributed by atoms with Crippen molar-refractivity contribution < 1.29 is 0 Å². The summed E-state index contributed by atoms with van der Waals surface area (Å²) in [5.74, 6) is 0.487. The lowest BCUT2D eigenvalue weighted by molar-refractivity contribution is 0.163. The van der Waals surface area contributed by atoms with Gasteiger partial charge in [-0.25, -0.2) is 4.68 Å². The Bertz CT molecular complexity index is 956. The summed E-state index contributed by atoms with van der Waals surface area (Å²) in [5.41, 5.74) is 2.96. The Hall–Kier alpha value is -2.80. The van der Waals surface area contributed by atoms with Gasteiger partial charge in [0, 0.05) is 43.3 Å². The minimum atomic E-state index is -0.0331. The highest BCUT2D eigenvalue weighted by Gasteiger charge is 2.20. The molecular weight excluding hydrogens is 352 g/mol. The number of aryl methyl sites for hydroxylation is 1. The Balaban J connectivity index is 1.32. The molecule has 0 N–H and O–H groups in total. The van der Waals surface area contributed by atoms with Crippen molar-refractivity contribution in [3.05, 3.63) is 65.0 Å². The number of nitrogens with zero attached hydrogens (tertiary/aromatic N) is 6. The molecule has 146 valence electrons. The highest BCUT2D eigenvalue weighted by atomic mass is 16.1. The van der Waals surface area contributed by atoms with Crippen molar-refractivity contribution in [3.63, 3.8) is 0 Å². The molecule has 7 nitrogen and oxygen atoms in total.